The molecule has 2 unspecified atom stereocenters. The summed E-state index contributed by atoms with van der Waals surface area (Å²) >= 11 is 1.11. The van der Waals surface area contributed by atoms with E-state index in [0.717, 1.165) is 17.3 Å². The molecule has 0 fully saturated rings. The van der Waals surface area contributed by atoms with Gasteiger partial charge in [0.25, 0.3) is 0 Å². The summed E-state index contributed by atoms with van der Waals surface area (Å²) in [5.74, 6) is -0.556. The van der Waals surface area contributed by atoms with Crippen molar-refractivity contribution in [3.63, 3.8) is 0 Å². The Labute approximate surface area is 323 Å². The molecule has 4 N–H and O–H groups in total. The van der Waals surface area contributed by atoms with Crippen molar-refractivity contribution in [3.8, 4) is 0 Å². The fourth-order valence-electron chi connectivity index (χ4n) is 5.41. The summed E-state index contributed by atoms with van der Waals surface area (Å²) in [6.45, 7) is 2.22. The predicted molar refractivity (Wildman–Crippen MR) is 211 cm³/mol. The number of nitrogen functional groups attached to an aromatic ring is 1. The third kappa shape index (κ3) is 12.4. The number of fused-ring (bicyclic) bond motifs is 1. The third-order valence-electron chi connectivity index (χ3n) is 8.44. The monoisotopic (exact) mass is 788 g/mol. The van der Waals surface area contributed by atoms with E-state index >= 15 is 0 Å². The normalized spacial score (nSPS) is 13.6. The number of carbonyl (C=O) groups is 3. The SMILES string of the molecule is CC(C(=O)OCCCOP(=O)(COCCn1cnc2c(N)ncnc21)OCCCSC(=O)[C@@H](N)Cc1ccccc1)c1cccc(C(=O)c2ccccc2)c1. The Morgan fingerprint density at radius 2 is 1.56 bits per heavy atom. The lowest BCUT2D eigenvalue weighted by molar-refractivity contribution is -0.145. The molecule has 3 aromatic carbocycles. The van der Waals surface area contributed by atoms with Gasteiger partial charge in [-0.3, -0.25) is 18.9 Å². The first-order valence-electron chi connectivity index (χ1n) is 17.8. The van der Waals surface area contributed by atoms with E-state index in [0.29, 0.717) is 53.0 Å². The average molecular weight is 789 g/mol. The molecule has 55 heavy (non-hydrogen) atoms. The van der Waals surface area contributed by atoms with Crippen molar-refractivity contribution in [2.45, 2.75) is 44.7 Å². The molecule has 14 nitrogen and oxygen atoms in total. The van der Waals surface area contributed by atoms with Crippen molar-refractivity contribution in [1.29, 1.82) is 0 Å². The highest BCUT2D eigenvalue weighted by atomic mass is 32.2. The number of aromatic nitrogens is 4. The van der Waals surface area contributed by atoms with Crippen LogP contribution >= 0.6 is 19.4 Å². The van der Waals surface area contributed by atoms with Crippen LogP contribution in [0, 0.1) is 0 Å². The van der Waals surface area contributed by atoms with Crippen molar-refractivity contribution in [1.82, 2.24) is 19.5 Å². The number of hydrogen-bond acceptors (Lipinski definition) is 14. The smallest absolute Gasteiger partial charge is 0.356 e. The van der Waals surface area contributed by atoms with Crippen molar-refractivity contribution < 1.29 is 37.5 Å². The van der Waals surface area contributed by atoms with E-state index in [4.69, 9.17) is 30.0 Å². The number of nitrogens with zero attached hydrogens (tertiary/aromatic N) is 4. The minimum atomic E-state index is -3.77. The number of thioether (sulfide) groups is 1. The summed E-state index contributed by atoms with van der Waals surface area (Å²) in [6.07, 6.45) is 3.68. The van der Waals surface area contributed by atoms with Gasteiger partial charge in [0.1, 0.15) is 18.2 Å². The number of ether oxygens (including phenoxy) is 2. The van der Waals surface area contributed by atoms with Crippen LogP contribution in [-0.4, -0.2) is 81.0 Å². The van der Waals surface area contributed by atoms with Crippen LogP contribution in [0.3, 0.4) is 0 Å². The van der Waals surface area contributed by atoms with E-state index in [-0.39, 0.29) is 55.9 Å². The van der Waals surface area contributed by atoms with Crippen molar-refractivity contribution in [2.24, 2.45) is 5.73 Å². The number of rotatable bonds is 22. The Balaban J connectivity index is 1.08. The lowest BCUT2D eigenvalue weighted by Crippen LogP contribution is -2.30. The fourth-order valence-corrected chi connectivity index (χ4v) is 7.56. The zero-order chi connectivity index (χ0) is 39.0. The van der Waals surface area contributed by atoms with Gasteiger partial charge >= 0.3 is 13.6 Å². The summed E-state index contributed by atoms with van der Waals surface area (Å²) in [7, 11) is -3.77. The zero-order valence-corrected chi connectivity index (χ0v) is 32.2. The van der Waals surface area contributed by atoms with Gasteiger partial charge in [-0.1, -0.05) is 90.6 Å². The molecule has 0 saturated carbocycles. The minimum absolute atomic E-state index is 0.00729. The van der Waals surface area contributed by atoms with Crippen LogP contribution in [0.2, 0.25) is 0 Å². The Bertz CT molecular complexity index is 2070. The number of benzene rings is 3. The molecule has 0 aliphatic rings. The van der Waals surface area contributed by atoms with Gasteiger partial charge in [0.2, 0.25) is 5.12 Å². The van der Waals surface area contributed by atoms with Gasteiger partial charge in [-0.2, -0.15) is 0 Å². The third-order valence-corrected chi connectivity index (χ3v) is 11.2. The fraction of sp³-hybridized carbons (Fsp3) is 0.333. The second-order valence-electron chi connectivity index (χ2n) is 12.6. The van der Waals surface area contributed by atoms with Crippen LogP contribution in [0.5, 0.6) is 0 Å². The number of hydrogen-bond donors (Lipinski definition) is 2. The first-order chi connectivity index (χ1) is 26.6. The van der Waals surface area contributed by atoms with E-state index in [1.807, 2.05) is 36.4 Å². The number of ketones is 1. The molecule has 0 spiro atoms. The van der Waals surface area contributed by atoms with Gasteiger partial charge in [0, 0.05) is 29.8 Å². The van der Waals surface area contributed by atoms with Gasteiger partial charge in [0.15, 0.2) is 17.2 Å². The van der Waals surface area contributed by atoms with Crippen LogP contribution < -0.4 is 11.5 Å². The molecule has 0 aliphatic carbocycles. The number of anilines is 1. The van der Waals surface area contributed by atoms with Crippen LogP contribution in [0.1, 0.15) is 52.7 Å². The molecular formula is C39H45N6O8PS. The zero-order valence-electron chi connectivity index (χ0n) is 30.5. The molecule has 290 valence electrons. The van der Waals surface area contributed by atoms with Crippen molar-refractivity contribution >= 4 is 53.2 Å². The molecule has 0 radical (unpaired) electrons. The van der Waals surface area contributed by atoms with E-state index in [1.165, 1.54) is 6.33 Å². The van der Waals surface area contributed by atoms with Gasteiger partial charge in [-0.05, 0) is 37.0 Å². The highest BCUT2D eigenvalue weighted by Crippen LogP contribution is 2.48. The van der Waals surface area contributed by atoms with Crippen LogP contribution in [-0.2, 0) is 45.6 Å². The molecule has 0 bridgehead atoms. The van der Waals surface area contributed by atoms with Crippen molar-refractivity contribution in [3.05, 3.63) is 120 Å². The highest BCUT2D eigenvalue weighted by molar-refractivity contribution is 8.13. The first-order valence-corrected chi connectivity index (χ1v) is 20.5. The lowest BCUT2D eigenvalue weighted by Gasteiger charge is -2.19. The van der Waals surface area contributed by atoms with Gasteiger partial charge in [-0.15, -0.1) is 0 Å². The van der Waals surface area contributed by atoms with Crippen LogP contribution in [0.15, 0.2) is 97.6 Å². The molecule has 2 heterocycles. The maximum Gasteiger partial charge on any atom is 0.356 e. The largest absolute Gasteiger partial charge is 0.465 e. The van der Waals surface area contributed by atoms with E-state index < -0.39 is 25.5 Å². The lowest BCUT2D eigenvalue weighted by atomic mass is 9.96. The van der Waals surface area contributed by atoms with Crippen LogP contribution in [0.4, 0.5) is 5.82 Å². The molecule has 3 atom stereocenters. The Morgan fingerprint density at radius 1 is 0.855 bits per heavy atom. The second-order valence-corrected chi connectivity index (χ2v) is 15.7. The summed E-state index contributed by atoms with van der Waals surface area (Å²) in [6, 6.07) is 24.8. The number of esters is 1. The summed E-state index contributed by atoms with van der Waals surface area (Å²) in [5, 5.41) is -0.136. The van der Waals surface area contributed by atoms with Gasteiger partial charge < -0.3 is 34.6 Å². The minimum Gasteiger partial charge on any atom is -0.465 e. The quantitative estimate of drug-likeness (QED) is 0.0369. The highest BCUT2D eigenvalue weighted by Gasteiger charge is 2.26. The Morgan fingerprint density at radius 3 is 2.33 bits per heavy atom. The van der Waals surface area contributed by atoms with Crippen molar-refractivity contribution in [2.75, 3.05) is 44.3 Å². The first kappa shape index (κ1) is 41.4. The predicted octanol–water partition coefficient (Wildman–Crippen LogP) is 5.80. The maximum atomic E-state index is 13.8. The second kappa shape index (κ2) is 20.8. The topological polar surface area (TPSA) is 201 Å². The standard InChI is InChI=1S/C39H45N6O8PS/c1-28(31-15-8-16-32(24-31)35(46)30-13-6-3-7-14-30)38(47)51-18-9-19-52-54(49,27-50-21-17-45-26-44-34-36(41)42-25-43-37(34)45)53-20-10-22-55-39(48)33(40)23-29-11-4-2-5-12-29/h2-8,11-16,24-26,28,33H,9-10,17-23,27,40H2,1H3,(H2,41,42,43)/t28?,33-,54?/m0/s1. The Hall–Kier alpha value is -4.76. The number of carbonyl (C=O) groups excluding carboxylic acids is 3. The molecule has 0 amide bonds. The number of nitrogens with two attached hydrogens (primary N) is 2. The molecule has 5 rings (SSSR count). The van der Waals surface area contributed by atoms with Crippen LogP contribution in [0.25, 0.3) is 11.2 Å². The van der Waals surface area contributed by atoms with E-state index in [9.17, 15) is 18.9 Å². The molecule has 0 saturated heterocycles. The maximum absolute atomic E-state index is 13.8. The molecule has 5 aromatic rings. The summed E-state index contributed by atoms with van der Waals surface area (Å²) in [4.78, 5) is 50.8. The summed E-state index contributed by atoms with van der Waals surface area (Å²) < 4.78 is 38.2. The number of imidazole rings is 1. The molecular weight excluding hydrogens is 744 g/mol. The van der Waals surface area contributed by atoms with E-state index in [1.54, 1.807) is 66.3 Å². The van der Waals surface area contributed by atoms with E-state index in [2.05, 4.69) is 15.0 Å². The van der Waals surface area contributed by atoms with Gasteiger partial charge in [0.05, 0.1) is 44.7 Å². The molecule has 0 aliphatic heterocycles. The Kier molecular flexibility index (Phi) is 15.7. The molecule has 2 aromatic heterocycles. The molecule has 16 heteroatoms. The summed E-state index contributed by atoms with van der Waals surface area (Å²) in [5.41, 5.74) is 15.7. The average Bonchev–Trinajstić information content (AvgIpc) is 3.63. The van der Waals surface area contributed by atoms with Gasteiger partial charge in [-0.25, -0.2) is 15.0 Å².